The molecule has 1 rings (SSSR count). The monoisotopic (exact) mass is 199 g/mol. The van der Waals surface area contributed by atoms with E-state index in [2.05, 4.69) is 19.2 Å². The van der Waals surface area contributed by atoms with E-state index in [1.165, 1.54) is 19.3 Å². The van der Waals surface area contributed by atoms with Gasteiger partial charge in [-0.25, -0.2) is 0 Å². The van der Waals surface area contributed by atoms with Crippen molar-refractivity contribution in [3.05, 3.63) is 0 Å². The summed E-state index contributed by atoms with van der Waals surface area (Å²) in [6, 6.07) is 0.640. The Morgan fingerprint density at radius 2 is 2.07 bits per heavy atom. The molecule has 0 aliphatic heterocycles. The molecule has 1 aliphatic carbocycles. The molecule has 0 saturated heterocycles. The predicted octanol–water partition coefficient (Wildman–Crippen LogP) is 2.17. The van der Waals surface area contributed by atoms with Gasteiger partial charge in [0.05, 0.1) is 6.10 Å². The molecule has 2 N–H and O–H groups in total. The van der Waals surface area contributed by atoms with E-state index < -0.39 is 0 Å². The largest absolute Gasteiger partial charge is 0.392 e. The van der Waals surface area contributed by atoms with Crippen LogP contribution in [0.5, 0.6) is 0 Å². The van der Waals surface area contributed by atoms with Crippen LogP contribution in [0, 0.1) is 11.8 Å². The van der Waals surface area contributed by atoms with Gasteiger partial charge in [-0.15, -0.1) is 0 Å². The van der Waals surface area contributed by atoms with Crippen molar-refractivity contribution in [2.24, 2.45) is 11.8 Å². The molecule has 0 aromatic heterocycles. The van der Waals surface area contributed by atoms with Gasteiger partial charge < -0.3 is 10.4 Å². The van der Waals surface area contributed by atoms with E-state index >= 15 is 0 Å². The fourth-order valence-corrected chi connectivity index (χ4v) is 2.54. The van der Waals surface area contributed by atoms with E-state index in [9.17, 15) is 5.11 Å². The van der Waals surface area contributed by atoms with Crippen molar-refractivity contribution < 1.29 is 5.11 Å². The van der Waals surface area contributed by atoms with Crippen LogP contribution in [0.4, 0.5) is 0 Å². The van der Waals surface area contributed by atoms with Gasteiger partial charge in [-0.05, 0) is 31.1 Å². The van der Waals surface area contributed by atoms with Crippen LogP contribution in [-0.2, 0) is 0 Å². The topological polar surface area (TPSA) is 32.3 Å². The van der Waals surface area contributed by atoms with Crippen molar-refractivity contribution >= 4 is 0 Å². The van der Waals surface area contributed by atoms with Gasteiger partial charge in [-0.3, -0.25) is 0 Å². The highest BCUT2D eigenvalue weighted by Crippen LogP contribution is 2.33. The average molecular weight is 199 g/mol. The molecule has 14 heavy (non-hydrogen) atoms. The highest BCUT2D eigenvalue weighted by Gasteiger charge is 2.31. The summed E-state index contributed by atoms with van der Waals surface area (Å²) in [7, 11) is 0. The van der Waals surface area contributed by atoms with Gasteiger partial charge in [0.15, 0.2) is 0 Å². The highest BCUT2D eigenvalue weighted by molar-refractivity contribution is 4.86. The molecule has 4 atom stereocenters. The van der Waals surface area contributed by atoms with Crippen LogP contribution in [0.2, 0.25) is 0 Å². The highest BCUT2D eigenvalue weighted by atomic mass is 16.3. The lowest BCUT2D eigenvalue weighted by Crippen LogP contribution is -2.37. The van der Waals surface area contributed by atoms with Crippen molar-refractivity contribution in [2.75, 3.05) is 6.54 Å². The quantitative estimate of drug-likeness (QED) is 0.711. The zero-order valence-electron chi connectivity index (χ0n) is 9.79. The van der Waals surface area contributed by atoms with E-state index in [1.807, 2.05) is 6.92 Å². The van der Waals surface area contributed by atoms with Gasteiger partial charge in [0, 0.05) is 12.6 Å². The molecule has 1 fully saturated rings. The number of rotatable bonds is 5. The molecule has 0 aromatic rings. The van der Waals surface area contributed by atoms with Gasteiger partial charge in [0.2, 0.25) is 0 Å². The van der Waals surface area contributed by atoms with Crippen LogP contribution >= 0.6 is 0 Å². The Hall–Kier alpha value is -0.0800. The molecule has 2 heteroatoms. The van der Waals surface area contributed by atoms with Crippen molar-refractivity contribution in [2.45, 2.75) is 58.6 Å². The minimum atomic E-state index is -0.164. The number of hydrogen-bond donors (Lipinski definition) is 2. The first-order valence-corrected chi connectivity index (χ1v) is 6.10. The molecule has 0 bridgehead atoms. The Labute approximate surface area is 88.1 Å². The molecule has 2 nitrogen and oxygen atoms in total. The molecule has 0 amide bonds. The Morgan fingerprint density at radius 1 is 1.36 bits per heavy atom. The Balaban J connectivity index is 2.26. The van der Waals surface area contributed by atoms with Gasteiger partial charge >= 0.3 is 0 Å². The van der Waals surface area contributed by atoms with Gasteiger partial charge in [0.25, 0.3) is 0 Å². The molecule has 84 valence electrons. The molecule has 0 heterocycles. The minimum Gasteiger partial charge on any atom is -0.392 e. The molecule has 0 aromatic carbocycles. The van der Waals surface area contributed by atoms with Crippen molar-refractivity contribution in [1.29, 1.82) is 0 Å². The first-order valence-electron chi connectivity index (χ1n) is 6.10. The zero-order chi connectivity index (χ0) is 10.6. The molecule has 0 radical (unpaired) electrons. The second kappa shape index (κ2) is 5.72. The second-order valence-corrected chi connectivity index (χ2v) is 4.68. The van der Waals surface area contributed by atoms with Crippen molar-refractivity contribution in [3.63, 3.8) is 0 Å². The lowest BCUT2D eigenvalue weighted by Gasteiger charge is -2.22. The maximum Gasteiger partial charge on any atom is 0.0662 e. The minimum absolute atomic E-state index is 0.164. The van der Waals surface area contributed by atoms with E-state index in [0.717, 1.165) is 24.8 Å². The summed E-state index contributed by atoms with van der Waals surface area (Å²) >= 11 is 0. The SMILES string of the molecule is CCC(O)CNC1CCC(CC)C1C. The summed E-state index contributed by atoms with van der Waals surface area (Å²) in [5, 5.41) is 13.0. The van der Waals surface area contributed by atoms with Crippen LogP contribution in [0.25, 0.3) is 0 Å². The fraction of sp³-hybridized carbons (Fsp3) is 1.00. The molecular weight excluding hydrogens is 174 g/mol. The van der Waals surface area contributed by atoms with E-state index in [0.29, 0.717) is 6.04 Å². The van der Waals surface area contributed by atoms with Crippen molar-refractivity contribution in [1.82, 2.24) is 5.32 Å². The Morgan fingerprint density at radius 3 is 2.57 bits per heavy atom. The number of nitrogens with one attached hydrogen (secondary N) is 1. The normalized spacial score (nSPS) is 34.7. The lowest BCUT2D eigenvalue weighted by molar-refractivity contribution is 0.159. The third-order valence-electron chi connectivity index (χ3n) is 3.84. The van der Waals surface area contributed by atoms with Gasteiger partial charge in [0.1, 0.15) is 0 Å². The van der Waals surface area contributed by atoms with Crippen LogP contribution < -0.4 is 5.32 Å². The van der Waals surface area contributed by atoms with Crippen LogP contribution in [0.3, 0.4) is 0 Å². The Bertz CT molecular complexity index is 160. The number of aliphatic hydroxyl groups excluding tert-OH is 1. The van der Waals surface area contributed by atoms with E-state index in [1.54, 1.807) is 0 Å². The zero-order valence-corrected chi connectivity index (χ0v) is 9.79. The summed E-state index contributed by atoms with van der Waals surface area (Å²) in [5.74, 6) is 1.68. The molecule has 1 saturated carbocycles. The molecule has 0 spiro atoms. The average Bonchev–Trinajstić information content (AvgIpc) is 2.56. The summed E-state index contributed by atoms with van der Waals surface area (Å²) in [5.41, 5.74) is 0. The van der Waals surface area contributed by atoms with Crippen molar-refractivity contribution in [3.8, 4) is 0 Å². The maximum absolute atomic E-state index is 9.47. The van der Waals surface area contributed by atoms with Crippen LogP contribution in [0.1, 0.15) is 46.5 Å². The summed E-state index contributed by atoms with van der Waals surface area (Å²) < 4.78 is 0. The third kappa shape index (κ3) is 2.96. The first-order chi connectivity index (χ1) is 6.69. The summed E-state index contributed by atoms with van der Waals surface area (Å²) in [6.07, 6.45) is 4.64. The molecule has 1 aliphatic rings. The fourth-order valence-electron chi connectivity index (χ4n) is 2.54. The van der Waals surface area contributed by atoms with Crippen LogP contribution in [-0.4, -0.2) is 23.8 Å². The summed E-state index contributed by atoms with van der Waals surface area (Å²) in [6.45, 7) is 7.42. The number of aliphatic hydroxyl groups is 1. The Kier molecular flexibility index (Phi) is 4.90. The predicted molar refractivity (Wildman–Crippen MR) is 60.3 cm³/mol. The van der Waals surface area contributed by atoms with Gasteiger partial charge in [-0.2, -0.15) is 0 Å². The second-order valence-electron chi connectivity index (χ2n) is 4.68. The van der Waals surface area contributed by atoms with E-state index in [-0.39, 0.29) is 6.10 Å². The maximum atomic E-state index is 9.47. The number of hydrogen-bond acceptors (Lipinski definition) is 2. The van der Waals surface area contributed by atoms with Crippen LogP contribution in [0.15, 0.2) is 0 Å². The molecular formula is C12H25NO. The lowest BCUT2D eigenvalue weighted by atomic mass is 9.93. The van der Waals surface area contributed by atoms with Gasteiger partial charge in [-0.1, -0.05) is 27.2 Å². The standard InChI is InChI=1S/C12H25NO/c1-4-10-6-7-12(9(10)3)13-8-11(14)5-2/h9-14H,4-8H2,1-3H3. The van der Waals surface area contributed by atoms with E-state index in [4.69, 9.17) is 0 Å². The third-order valence-corrected chi connectivity index (χ3v) is 3.84. The summed E-state index contributed by atoms with van der Waals surface area (Å²) in [4.78, 5) is 0. The smallest absolute Gasteiger partial charge is 0.0662 e. The first kappa shape index (κ1) is 12.0. The molecule has 4 unspecified atom stereocenters.